The molecule has 0 aromatic heterocycles. The number of phenols is 1. The largest absolute Gasteiger partial charge is 0.573 e. The molecule has 0 radical (unpaired) electrons. The van der Waals surface area contributed by atoms with E-state index in [1.54, 1.807) is 0 Å². The monoisotopic (exact) mass is 346 g/mol. The third kappa shape index (κ3) is 5.26. The summed E-state index contributed by atoms with van der Waals surface area (Å²) >= 11 is 5.83. The summed E-state index contributed by atoms with van der Waals surface area (Å²) in [7, 11) is 0. The molecule has 0 bridgehead atoms. The predicted octanol–water partition coefficient (Wildman–Crippen LogP) is 4.59. The fraction of sp³-hybridized carbons (Fsp3) is 0.0714. The van der Waals surface area contributed by atoms with Gasteiger partial charge in [-0.1, -0.05) is 17.7 Å². The van der Waals surface area contributed by atoms with E-state index in [4.69, 9.17) is 11.6 Å². The topological polar surface area (TPSA) is 70.6 Å². The Morgan fingerprint density at radius 2 is 1.87 bits per heavy atom. The van der Waals surface area contributed by atoms with Crippen molar-refractivity contribution in [1.29, 1.82) is 0 Å². The van der Waals surface area contributed by atoms with E-state index in [1.165, 1.54) is 30.3 Å². The van der Waals surface area contributed by atoms with Crippen LogP contribution in [0.1, 0.15) is 0 Å². The van der Waals surface area contributed by atoms with Crippen LogP contribution in [0, 0.1) is 0 Å². The summed E-state index contributed by atoms with van der Waals surface area (Å²) in [6.07, 6.45) is -4.82. The van der Waals surface area contributed by atoms with Gasteiger partial charge in [-0.25, -0.2) is 4.79 Å². The first-order chi connectivity index (χ1) is 10.7. The van der Waals surface area contributed by atoms with Crippen LogP contribution >= 0.6 is 11.6 Å². The van der Waals surface area contributed by atoms with Crippen molar-refractivity contribution in [2.24, 2.45) is 0 Å². The fourth-order valence-electron chi connectivity index (χ4n) is 1.66. The lowest BCUT2D eigenvalue weighted by atomic mass is 10.3. The first-order valence-electron chi connectivity index (χ1n) is 6.15. The highest BCUT2D eigenvalue weighted by molar-refractivity contribution is 6.34. The highest BCUT2D eigenvalue weighted by atomic mass is 35.5. The van der Waals surface area contributed by atoms with Crippen molar-refractivity contribution < 1.29 is 27.8 Å². The Hall–Kier alpha value is -2.61. The van der Waals surface area contributed by atoms with Crippen LogP contribution < -0.4 is 15.4 Å². The number of halogens is 4. The first kappa shape index (κ1) is 16.8. The second kappa shape index (κ2) is 6.66. The summed E-state index contributed by atoms with van der Waals surface area (Å²) in [5, 5.41) is 14.1. The molecule has 2 amide bonds. The van der Waals surface area contributed by atoms with E-state index < -0.39 is 18.1 Å². The summed E-state index contributed by atoms with van der Waals surface area (Å²) in [4.78, 5) is 11.8. The van der Waals surface area contributed by atoms with Crippen LogP contribution in [-0.4, -0.2) is 17.5 Å². The molecule has 122 valence electrons. The van der Waals surface area contributed by atoms with Crippen molar-refractivity contribution in [1.82, 2.24) is 0 Å². The van der Waals surface area contributed by atoms with Crippen LogP contribution in [-0.2, 0) is 0 Å². The second-order valence-corrected chi connectivity index (χ2v) is 4.73. The molecule has 2 rings (SSSR count). The zero-order valence-electron chi connectivity index (χ0n) is 11.3. The van der Waals surface area contributed by atoms with Gasteiger partial charge in [0, 0.05) is 17.8 Å². The number of anilines is 2. The van der Waals surface area contributed by atoms with Gasteiger partial charge in [0.2, 0.25) is 0 Å². The van der Waals surface area contributed by atoms with Crippen molar-refractivity contribution in [3.63, 3.8) is 0 Å². The van der Waals surface area contributed by atoms with E-state index in [0.29, 0.717) is 0 Å². The molecule has 0 aliphatic heterocycles. The van der Waals surface area contributed by atoms with Crippen molar-refractivity contribution in [2.45, 2.75) is 6.36 Å². The maximum Gasteiger partial charge on any atom is 0.573 e. The van der Waals surface area contributed by atoms with Gasteiger partial charge in [-0.2, -0.15) is 0 Å². The number of nitrogens with one attached hydrogen (secondary N) is 2. The minimum Gasteiger partial charge on any atom is -0.508 e. The molecular formula is C14H10ClF3N2O3. The Morgan fingerprint density at radius 3 is 2.52 bits per heavy atom. The van der Waals surface area contributed by atoms with Gasteiger partial charge in [0.1, 0.15) is 11.5 Å². The fourth-order valence-corrected chi connectivity index (χ4v) is 1.88. The number of hydrogen-bond donors (Lipinski definition) is 3. The Kier molecular flexibility index (Phi) is 4.85. The van der Waals surface area contributed by atoms with Gasteiger partial charge in [-0.3, -0.25) is 0 Å². The number of hydrogen-bond acceptors (Lipinski definition) is 3. The number of amides is 2. The van der Waals surface area contributed by atoms with Crippen molar-refractivity contribution in [3.8, 4) is 11.5 Å². The van der Waals surface area contributed by atoms with Gasteiger partial charge in [-0.15, -0.1) is 13.2 Å². The lowest BCUT2D eigenvalue weighted by Crippen LogP contribution is -2.20. The molecule has 0 heterocycles. The third-order valence-electron chi connectivity index (χ3n) is 2.53. The highest BCUT2D eigenvalue weighted by Crippen LogP contribution is 2.27. The molecular weight excluding hydrogens is 337 g/mol. The molecule has 0 aliphatic rings. The zero-order valence-corrected chi connectivity index (χ0v) is 12.1. The van der Waals surface area contributed by atoms with Crippen molar-refractivity contribution >= 4 is 29.0 Å². The summed E-state index contributed by atoms with van der Waals surface area (Å²) in [5.74, 6) is -0.532. The van der Waals surface area contributed by atoms with E-state index in [9.17, 15) is 23.1 Å². The summed E-state index contributed by atoms with van der Waals surface area (Å²) in [6, 6.07) is 8.01. The summed E-state index contributed by atoms with van der Waals surface area (Å²) < 4.78 is 40.2. The maximum atomic E-state index is 12.1. The second-order valence-electron chi connectivity index (χ2n) is 4.32. The van der Waals surface area contributed by atoms with Crippen LogP contribution in [0.4, 0.5) is 29.3 Å². The molecule has 5 nitrogen and oxygen atoms in total. The normalized spacial score (nSPS) is 11.0. The Labute approximate surface area is 133 Å². The predicted molar refractivity (Wildman–Crippen MR) is 78.9 cm³/mol. The van der Waals surface area contributed by atoms with Crippen LogP contribution in [0.2, 0.25) is 5.02 Å². The minimum absolute atomic E-state index is 0.0713. The van der Waals surface area contributed by atoms with Crippen LogP contribution in [0.3, 0.4) is 0 Å². The lowest BCUT2D eigenvalue weighted by Gasteiger charge is -2.12. The van der Waals surface area contributed by atoms with Crippen molar-refractivity contribution in [3.05, 3.63) is 47.5 Å². The van der Waals surface area contributed by atoms with E-state index >= 15 is 0 Å². The molecule has 23 heavy (non-hydrogen) atoms. The highest BCUT2D eigenvalue weighted by Gasteiger charge is 2.31. The average molecular weight is 347 g/mol. The molecule has 0 unspecified atom stereocenters. The van der Waals surface area contributed by atoms with E-state index in [2.05, 4.69) is 15.4 Å². The smallest absolute Gasteiger partial charge is 0.508 e. The number of carbonyl (C=O) groups is 1. The Morgan fingerprint density at radius 1 is 1.13 bits per heavy atom. The van der Waals surface area contributed by atoms with Gasteiger partial charge in [0.05, 0.1) is 10.7 Å². The molecule has 2 aromatic rings. The van der Waals surface area contributed by atoms with Gasteiger partial charge < -0.3 is 20.5 Å². The van der Waals surface area contributed by atoms with Gasteiger partial charge in [-0.05, 0) is 24.3 Å². The SMILES string of the molecule is O=C(Nc1cccc(OC(F)(F)F)c1)Nc1ccc(O)cc1Cl. The number of phenolic OH excluding ortho intramolecular Hbond substituents is 1. The molecule has 2 aromatic carbocycles. The standard InChI is InChI=1S/C14H10ClF3N2O3/c15-11-7-9(21)4-5-12(11)20-13(22)19-8-2-1-3-10(6-8)23-14(16,17)18/h1-7,21H,(H2,19,20,22). The Bertz CT molecular complexity index is 723. The lowest BCUT2D eigenvalue weighted by molar-refractivity contribution is -0.274. The van der Waals surface area contributed by atoms with Gasteiger partial charge in [0.15, 0.2) is 0 Å². The summed E-state index contributed by atoms with van der Waals surface area (Å²) in [5.41, 5.74) is 0.323. The molecule has 0 fully saturated rings. The van der Waals surface area contributed by atoms with E-state index in [1.807, 2.05) is 0 Å². The molecule has 0 spiro atoms. The zero-order chi connectivity index (χ0) is 17.0. The molecule has 0 saturated carbocycles. The number of benzene rings is 2. The number of alkyl halides is 3. The number of carbonyl (C=O) groups excluding carboxylic acids is 1. The molecule has 0 saturated heterocycles. The Balaban J connectivity index is 2.04. The van der Waals surface area contributed by atoms with Crippen LogP contribution in [0.15, 0.2) is 42.5 Å². The molecule has 9 heteroatoms. The maximum absolute atomic E-state index is 12.1. The average Bonchev–Trinajstić information content (AvgIpc) is 2.40. The molecule has 0 aliphatic carbocycles. The van der Waals surface area contributed by atoms with E-state index in [0.717, 1.165) is 12.1 Å². The van der Waals surface area contributed by atoms with Crippen molar-refractivity contribution in [2.75, 3.05) is 10.6 Å². The minimum atomic E-state index is -4.82. The molecule has 3 N–H and O–H groups in total. The quantitative estimate of drug-likeness (QED) is 0.712. The van der Waals surface area contributed by atoms with Crippen LogP contribution in [0.25, 0.3) is 0 Å². The van der Waals surface area contributed by atoms with Crippen LogP contribution in [0.5, 0.6) is 11.5 Å². The van der Waals surface area contributed by atoms with E-state index in [-0.39, 0.29) is 22.1 Å². The number of ether oxygens (including phenoxy) is 1. The molecule has 0 atom stereocenters. The van der Waals surface area contributed by atoms with Gasteiger partial charge in [0.25, 0.3) is 0 Å². The number of urea groups is 1. The first-order valence-corrected chi connectivity index (χ1v) is 6.53. The van der Waals surface area contributed by atoms with Gasteiger partial charge >= 0.3 is 12.4 Å². The third-order valence-corrected chi connectivity index (χ3v) is 2.84. The summed E-state index contributed by atoms with van der Waals surface area (Å²) in [6.45, 7) is 0. The number of rotatable bonds is 3. The number of aromatic hydroxyl groups is 1.